The van der Waals surface area contributed by atoms with E-state index in [9.17, 15) is 4.79 Å². The van der Waals surface area contributed by atoms with Crippen molar-refractivity contribution in [1.82, 2.24) is 10.6 Å². The molecule has 0 radical (unpaired) electrons. The normalized spacial score (nSPS) is 24.5. The summed E-state index contributed by atoms with van der Waals surface area (Å²) in [6.45, 7) is 4.37. The minimum atomic E-state index is 0.105. The predicted octanol–water partition coefficient (Wildman–Crippen LogP) is 0.830. The Bertz CT molecular complexity index is 261. The van der Waals surface area contributed by atoms with E-state index in [1.807, 2.05) is 0 Å². The molecule has 1 unspecified atom stereocenters. The van der Waals surface area contributed by atoms with E-state index in [4.69, 9.17) is 9.47 Å². The lowest BCUT2D eigenvalue weighted by Gasteiger charge is -2.22. The number of piperidine rings is 1. The number of rotatable bonds is 7. The first-order chi connectivity index (χ1) is 9.34. The average Bonchev–Trinajstić information content (AvgIpc) is 2.92. The molecule has 5 heteroatoms. The van der Waals surface area contributed by atoms with Crippen molar-refractivity contribution in [3.63, 3.8) is 0 Å². The molecule has 2 N–H and O–H groups in total. The van der Waals surface area contributed by atoms with Crippen LogP contribution in [0.2, 0.25) is 0 Å². The van der Waals surface area contributed by atoms with Crippen molar-refractivity contribution < 1.29 is 14.3 Å². The molecule has 0 aromatic carbocycles. The molecule has 1 amide bonds. The van der Waals surface area contributed by atoms with Crippen LogP contribution < -0.4 is 10.6 Å². The summed E-state index contributed by atoms with van der Waals surface area (Å²) in [5, 5.41) is 6.25. The largest absolute Gasteiger partial charge is 0.378 e. The van der Waals surface area contributed by atoms with Crippen LogP contribution in [-0.2, 0) is 14.3 Å². The Morgan fingerprint density at radius 3 is 2.89 bits per heavy atom. The summed E-state index contributed by atoms with van der Waals surface area (Å²) < 4.78 is 11.2. The Balaban J connectivity index is 1.43. The Kier molecular flexibility index (Phi) is 6.61. The highest BCUT2D eigenvalue weighted by molar-refractivity contribution is 5.76. The van der Waals surface area contributed by atoms with Crippen LogP contribution in [0.3, 0.4) is 0 Å². The molecule has 0 aromatic rings. The highest BCUT2D eigenvalue weighted by Crippen LogP contribution is 2.14. The lowest BCUT2D eigenvalue weighted by atomic mass is 10.1. The van der Waals surface area contributed by atoms with Crippen LogP contribution in [-0.4, -0.2) is 51.0 Å². The van der Waals surface area contributed by atoms with Gasteiger partial charge < -0.3 is 20.1 Å². The van der Waals surface area contributed by atoms with Gasteiger partial charge in [-0.2, -0.15) is 0 Å². The van der Waals surface area contributed by atoms with Crippen LogP contribution in [0, 0.1) is 0 Å². The summed E-state index contributed by atoms with van der Waals surface area (Å²) in [7, 11) is 0. The van der Waals surface area contributed by atoms with Gasteiger partial charge in [-0.05, 0) is 45.2 Å². The van der Waals surface area contributed by atoms with E-state index in [0.29, 0.717) is 19.1 Å². The lowest BCUT2D eigenvalue weighted by molar-refractivity contribution is -0.123. The van der Waals surface area contributed by atoms with E-state index in [2.05, 4.69) is 10.6 Å². The molecule has 2 aliphatic rings. The molecule has 0 saturated carbocycles. The van der Waals surface area contributed by atoms with Crippen molar-refractivity contribution in [2.45, 2.75) is 50.7 Å². The third-order valence-corrected chi connectivity index (χ3v) is 3.72. The number of nitrogens with one attached hydrogen (secondary N) is 2. The minimum absolute atomic E-state index is 0.105. The van der Waals surface area contributed by atoms with Gasteiger partial charge in [-0.25, -0.2) is 0 Å². The van der Waals surface area contributed by atoms with Gasteiger partial charge in [0.1, 0.15) is 0 Å². The molecule has 110 valence electrons. The summed E-state index contributed by atoms with van der Waals surface area (Å²) in [5.41, 5.74) is 0. The third-order valence-electron chi connectivity index (χ3n) is 3.72. The minimum Gasteiger partial charge on any atom is -0.378 e. The van der Waals surface area contributed by atoms with Crippen molar-refractivity contribution >= 4 is 5.91 Å². The molecule has 2 rings (SSSR count). The van der Waals surface area contributed by atoms with Crippen molar-refractivity contribution in [2.75, 3.05) is 32.8 Å². The maximum atomic E-state index is 11.6. The molecule has 0 bridgehead atoms. The topological polar surface area (TPSA) is 59.6 Å². The number of hydrogen-bond donors (Lipinski definition) is 2. The van der Waals surface area contributed by atoms with E-state index in [1.54, 1.807) is 0 Å². The summed E-state index contributed by atoms with van der Waals surface area (Å²) in [5.74, 6) is 0.105. The van der Waals surface area contributed by atoms with Crippen LogP contribution in [0.5, 0.6) is 0 Å². The maximum Gasteiger partial charge on any atom is 0.222 e. The molecule has 0 aromatic heterocycles. The lowest BCUT2D eigenvalue weighted by Crippen LogP contribution is -2.33. The van der Waals surface area contributed by atoms with Crippen molar-refractivity contribution in [2.24, 2.45) is 0 Å². The zero-order chi connectivity index (χ0) is 13.3. The predicted molar refractivity (Wildman–Crippen MR) is 73.1 cm³/mol. The number of carbonyl (C=O) groups is 1. The molecule has 0 spiro atoms. The average molecular weight is 270 g/mol. The summed E-state index contributed by atoms with van der Waals surface area (Å²) in [6, 6.07) is 0. The fourth-order valence-electron chi connectivity index (χ4n) is 2.60. The maximum absolute atomic E-state index is 11.6. The highest BCUT2D eigenvalue weighted by atomic mass is 16.5. The van der Waals surface area contributed by atoms with Crippen LogP contribution in [0.4, 0.5) is 0 Å². The zero-order valence-corrected chi connectivity index (χ0v) is 11.7. The van der Waals surface area contributed by atoms with Gasteiger partial charge in [0.05, 0.1) is 18.6 Å². The van der Waals surface area contributed by atoms with Crippen LogP contribution in [0.15, 0.2) is 0 Å². The van der Waals surface area contributed by atoms with Gasteiger partial charge in [0.15, 0.2) is 0 Å². The molecule has 2 saturated heterocycles. The van der Waals surface area contributed by atoms with E-state index in [1.165, 1.54) is 0 Å². The summed E-state index contributed by atoms with van der Waals surface area (Å²) in [4.78, 5) is 11.6. The molecule has 19 heavy (non-hydrogen) atoms. The number of carbonyl (C=O) groups excluding carboxylic acids is 1. The molecule has 2 heterocycles. The zero-order valence-electron chi connectivity index (χ0n) is 11.7. The molecular weight excluding hydrogens is 244 g/mol. The van der Waals surface area contributed by atoms with Crippen molar-refractivity contribution in [1.29, 1.82) is 0 Å². The number of amides is 1. The van der Waals surface area contributed by atoms with Gasteiger partial charge >= 0.3 is 0 Å². The first-order valence-corrected chi connectivity index (χ1v) is 7.55. The number of ether oxygens (including phenoxy) is 2. The Morgan fingerprint density at radius 2 is 2.16 bits per heavy atom. The second kappa shape index (κ2) is 8.51. The molecule has 0 aliphatic carbocycles. The highest BCUT2D eigenvalue weighted by Gasteiger charge is 2.18. The smallest absolute Gasteiger partial charge is 0.222 e. The van der Waals surface area contributed by atoms with Gasteiger partial charge in [-0.3, -0.25) is 4.79 Å². The molecule has 2 aliphatic heterocycles. The van der Waals surface area contributed by atoms with Gasteiger partial charge in [0.2, 0.25) is 5.91 Å². The first kappa shape index (κ1) is 14.8. The van der Waals surface area contributed by atoms with Crippen LogP contribution >= 0.6 is 0 Å². The standard InChI is InChI=1S/C14H26N2O3/c17-14(11-13-3-1-9-19-13)16-6-2-10-18-12-4-7-15-8-5-12/h12-13,15H,1-11H2,(H,16,17). The quantitative estimate of drug-likeness (QED) is 0.673. The Labute approximate surface area is 115 Å². The third kappa shape index (κ3) is 5.89. The number of hydrogen-bond acceptors (Lipinski definition) is 4. The van der Waals surface area contributed by atoms with Crippen molar-refractivity contribution in [3.8, 4) is 0 Å². The van der Waals surface area contributed by atoms with Crippen LogP contribution in [0.1, 0.15) is 38.5 Å². The fourth-order valence-corrected chi connectivity index (χ4v) is 2.60. The van der Waals surface area contributed by atoms with Gasteiger partial charge in [-0.15, -0.1) is 0 Å². The molecule has 5 nitrogen and oxygen atoms in total. The monoisotopic (exact) mass is 270 g/mol. The SMILES string of the molecule is O=C(CC1CCCO1)NCCCOC1CCNCC1. The second-order valence-electron chi connectivity index (χ2n) is 5.36. The fraction of sp³-hybridized carbons (Fsp3) is 0.929. The second-order valence-corrected chi connectivity index (χ2v) is 5.36. The molecular formula is C14H26N2O3. The van der Waals surface area contributed by atoms with E-state index < -0.39 is 0 Å². The Hall–Kier alpha value is -0.650. The van der Waals surface area contributed by atoms with E-state index in [-0.39, 0.29) is 12.0 Å². The van der Waals surface area contributed by atoms with Crippen molar-refractivity contribution in [3.05, 3.63) is 0 Å². The van der Waals surface area contributed by atoms with E-state index >= 15 is 0 Å². The van der Waals surface area contributed by atoms with E-state index in [0.717, 1.165) is 58.4 Å². The summed E-state index contributed by atoms with van der Waals surface area (Å²) in [6.07, 6.45) is 6.26. The van der Waals surface area contributed by atoms with Crippen LogP contribution in [0.25, 0.3) is 0 Å². The molecule has 2 fully saturated rings. The van der Waals surface area contributed by atoms with Gasteiger partial charge in [-0.1, -0.05) is 0 Å². The first-order valence-electron chi connectivity index (χ1n) is 7.55. The molecule has 1 atom stereocenters. The summed E-state index contributed by atoms with van der Waals surface area (Å²) >= 11 is 0. The van der Waals surface area contributed by atoms with Gasteiger partial charge in [0.25, 0.3) is 0 Å². The van der Waals surface area contributed by atoms with Gasteiger partial charge in [0, 0.05) is 19.8 Å². The Morgan fingerprint density at radius 1 is 1.32 bits per heavy atom.